The van der Waals surface area contributed by atoms with Crippen LogP contribution in [-0.4, -0.2) is 30.4 Å². The van der Waals surface area contributed by atoms with Crippen molar-refractivity contribution in [3.8, 4) is 0 Å². The molecule has 1 aromatic carbocycles. The predicted molar refractivity (Wildman–Crippen MR) is 74.4 cm³/mol. The smallest absolute Gasteiger partial charge is 0.341 e. The van der Waals surface area contributed by atoms with Gasteiger partial charge in [-0.05, 0) is 17.4 Å². The number of benzene rings is 1. The van der Waals surface area contributed by atoms with Crippen molar-refractivity contribution in [2.24, 2.45) is 0 Å². The fourth-order valence-corrected chi connectivity index (χ4v) is 1.90. The molecule has 0 spiro atoms. The lowest BCUT2D eigenvalue weighted by atomic mass is 10.1. The van der Waals surface area contributed by atoms with E-state index in [1.807, 2.05) is 37.3 Å². The highest BCUT2D eigenvalue weighted by molar-refractivity contribution is 7.99. The highest BCUT2D eigenvalue weighted by Gasteiger charge is 2.18. The van der Waals surface area contributed by atoms with E-state index in [9.17, 15) is 9.59 Å². The maximum absolute atomic E-state index is 11.9. The minimum Gasteiger partial charge on any atom is -0.465 e. The van der Waals surface area contributed by atoms with Crippen molar-refractivity contribution in [1.29, 1.82) is 0 Å². The van der Waals surface area contributed by atoms with Crippen LogP contribution in [0.5, 0.6) is 0 Å². The molecule has 0 unspecified atom stereocenters. The lowest BCUT2D eigenvalue weighted by Crippen LogP contribution is -2.16. The second-order valence-electron chi connectivity index (χ2n) is 3.52. The number of hydrogen-bond acceptors (Lipinski definition) is 4. The number of hydrogen-bond donors (Lipinski definition) is 0. The first-order chi connectivity index (χ1) is 8.69. The van der Waals surface area contributed by atoms with Gasteiger partial charge >= 0.3 is 5.97 Å². The van der Waals surface area contributed by atoms with Crippen LogP contribution in [0.15, 0.2) is 35.9 Å². The molecule has 0 saturated carbocycles. The van der Waals surface area contributed by atoms with Crippen molar-refractivity contribution >= 4 is 29.6 Å². The maximum atomic E-state index is 11.9. The number of carbonyl (C=O) groups is 2. The molecular formula is C14H16O3S. The van der Waals surface area contributed by atoms with Gasteiger partial charge in [-0.25, -0.2) is 4.79 Å². The molecule has 0 heterocycles. The fourth-order valence-electron chi connectivity index (χ4n) is 1.35. The molecule has 0 aliphatic carbocycles. The van der Waals surface area contributed by atoms with E-state index in [-0.39, 0.29) is 11.4 Å². The number of esters is 1. The van der Waals surface area contributed by atoms with Gasteiger partial charge in [0.1, 0.15) is 5.57 Å². The van der Waals surface area contributed by atoms with Crippen LogP contribution in [0.2, 0.25) is 0 Å². The highest BCUT2D eigenvalue weighted by Crippen LogP contribution is 2.12. The van der Waals surface area contributed by atoms with Crippen LogP contribution >= 0.6 is 11.8 Å². The molecule has 3 nitrogen and oxygen atoms in total. The predicted octanol–water partition coefficient (Wildman–Crippen LogP) is 2.57. The van der Waals surface area contributed by atoms with E-state index in [1.165, 1.54) is 18.9 Å². The average molecular weight is 264 g/mol. The molecule has 0 N–H and O–H groups in total. The van der Waals surface area contributed by atoms with Crippen molar-refractivity contribution in [2.45, 2.75) is 6.92 Å². The van der Waals surface area contributed by atoms with Crippen LogP contribution in [-0.2, 0) is 14.3 Å². The summed E-state index contributed by atoms with van der Waals surface area (Å²) >= 11 is 1.48. The van der Waals surface area contributed by atoms with Gasteiger partial charge in [0, 0.05) is 0 Å². The first-order valence-corrected chi connectivity index (χ1v) is 6.80. The van der Waals surface area contributed by atoms with Gasteiger partial charge in [0.2, 0.25) is 0 Å². The number of thioether (sulfide) groups is 1. The fraction of sp³-hybridized carbons (Fsp3) is 0.286. The number of carbonyl (C=O) groups excluding carboxylic acids is 2. The minimum absolute atomic E-state index is 0.102. The Morgan fingerprint density at radius 2 is 1.94 bits per heavy atom. The topological polar surface area (TPSA) is 43.4 Å². The molecule has 0 amide bonds. The number of ether oxygens (including phenoxy) is 1. The standard InChI is InChI=1S/C14H16O3S/c1-3-18-10-13(15)12(14(16)17-2)9-11-7-5-4-6-8-11/h4-9H,3,10H2,1-2H3. The number of Topliss-reactive ketones (excluding diaryl/α,β-unsaturated/α-hetero) is 1. The van der Waals surface area contributed by atoms with E-state index in [0.29, 0.717) is 5.75 Å². The van der Waals surface area contributed by atoms with E-state index in [1.54, 1.807) is 6.08 Å². The van der Waals surface area contributed by atoms with Gasteiger partial charge in [-0.1, -0.05) is 37.3 Å². The van der Waals surface area contributed by atoms with Crippen LogP contribution in [0, 0.1) is 0 Å². The molecule has 0 aliphatic heterocycles. The van der Waals surface area contributed by atoms with Gasteiger partial charge in [0.05, 0.1) is 12.9 Å². The van der Waals surface area contributed by atoms with Crippen LogP contribution in [0.3, 0.4) is 0 Å². The Kier molecular flexibility index (Phi) is 6.22. The Balaban J connectivity index is 2.95. The van der Waals surface area contributed by atoms with Crippen LogP contribution < -0.4 is 0 Å². The zero-order chi connectivity index (χ0) is 13.4. The lowest BCUT2D eigenvalue weighted by molar-refractivity contribution is -0.137. The molecule has 0 aliphatic rings. The first kappa shape index (κ1) is 14.5. The third kappa shape index (κ3) is 4.37. The lowest BCUT2D eigenvalue weighted by Gasteiger charge is -2.04. The molecule has 1 rings (SSSR count). The molecule has 0 radical (unpaired) electrons. The van der Waals surface area contributed by atoms with Crippen LogP contribution in [0.1, 0.15) is 12.5 Å². The van der Waals surface area contributed by atoms with E-state index in [2.05, 4.69) is 4.74 Å². The molecule has 96 valence electrons. The molecule has 0 aromatic heterocycles. The van der Waals surface area contributed by atoms with Gasteiger partial charge < -0.3 is 4.74 Å². The molecule has 18 heavy (non-hydrogen) atoms. The van der Waals surface area contributed by atoms with Crippen molar-refractivity contribution in [2.75, 3.05) is 18.6 Å². The van der Waals surface area contributed by atoms with Gasteiger partial charge in [-0.3, -0.25) is 4.79 Å². The molecule has 1 aromatic rings. The molecule has 0 bridgehead atoms. The third-order valence-electron chi connectivity index (χ3n) is 2.25. The summed E-state index contributed by atoms with van der Waals surface area (Å²) in [4.78, 5) is 23.5. The molecule has 0 atom stereocenters. The summed E-state index contributed by atoms with van der Waals surface area (Å²) in [5, 5.41) is 0. The summed E-state index contributed by atoms with van der Waals surface area (Å²) in [5.41, 5.74) is 0.914. The summed E-state index contributed by atoms with van der Waals surface area (Å²) < 4.78 is 4.65. The van der Waals surface area contributed by atoms with Gasteiger partial charge in [-0.15, -0.1) is 0 Å². The zero-order valence-corrected chi connectivity index (χ0v) is 11.3. The number of ketones is 1. The second kappa shape index (κ2) is 7.71. The number of methoxy groups -OCH3 is 1. The summed E-state index contributed by atoms with van der Waals surface area (Å²) in [5.74, 6) is 0.355. The molecule has 0 fully saturated rings. The van der Waals surface area contributed by atoms with E-state index in [4.69, 9.17) is 0 Å². The Labute approximate surface area is 111 Å². The van der Waals surface area contributed by atoms with Crippen molar-refractivity contribution < 1.29 is 14.3 Å². The van der Waals surface area contributed by atoms with Crippen molar-refractivity contribution in [3.05, 3.63) is 41.5 Å². The highest BCUT2D eigenvalue weighted by atomic mass is 32.2. The zero-order valence-electron chi connectivity index (χ0n) is 10.5. The van der Waals surface area contributed by atoms with Crippen LogP contribution in [0.25, 0.3) is 6.08 Å². The SMILES string of the molecule is CCSCC(=O)C(=Cc1ccccc1)C(=O)OC. The normalized spacial score (nSPS) is 11.1. The van der Waals surface area contributed by atoms with Gasteiger partial charge in [0.25, 0.3) is 0 Å². The second-order valence-corrected chi connectivity index (χ2v) is 4.79. The molecule has 0 saturated heterocycles. The minimum atomic E-state index is -0.583. The van der Waals surface area contributed by atoms with Gasteiger partial charge in [-0.2, -0.15) is 11.8 Å². The first-order valence-electron chi connectivity index (χ1n) is 5.65. The quantitative estimate of drug-likeness (QED) is 0.343. The van der Waals surface area contributed by atoms with Gasteiger partial charge in [0.15, 0.2) is 5.78 Å². The summed E-state index contributed by atoms with van der Waals surface area (Å²) in [6, 6.07) is 9.26. The Hall–Kier alpha value is -1.55. The molecular weight excluding hydrogens is 248 g/mol. The Bertz CT molecular complexity index is 438. The summed E-state index contributed by atoms with van der Waals surface area (Å²) in [7, 11) is 1.28. The summed E-state index contributed by atoms with van der Waals surface area (Å²) in [6.45, 7) is 1.97. The summed E-state index contributed by atoms with van der Waals surface area (Å²) in [6.07, 6.45) is 1.57. The molecule has 4 heteroatoms. The van der Waals surface area contributed by atoms with E-state index in [0.717, 1.165) is 11.3 Å². The number of rotatable bonds is 6. The van der Waals surface area contributed by atoms with E-state index < -0.39 is 5.97 Å². The van der Waals surface area contributed by atoms with Crippen molar-refractivity contribution in [3.63, 3.8) is 0 Å². The van der Waals surface area contributed by atoms with Crippen molar-refractivity contribution in [1.82, 2.24) is 0 Å². The largest absolute Gasteiger partial charge is 0.465 e. The Morgan fingerprint density at radius 3 is 2.50 bits per heavy atom. The van der Waals surface area contributed by atoms with E-state index >= 15 is 0 Å². The van der Waals surface area contributed by atoms with Crippen LogP contribution in [0.4, 0.5) is 0 Å². The average Bonchev–Trinajstić information content (AvgIpc) is 2.42. The maximum Gasteiger partial charge on any atom is 0.341 e. The monoisotopic (exact) mass is 264 g/mol. The Morgan fingerprint density at radius 1 is 1.28 bits per heavy atom. The third-order valence-corrected chi connectivity index (χ3v) is 3.13.